The molecule has 160 valence electrons. The monoisotopic (exact) mass is 414 g/mol. The summed E-state index contributed by atoms with van der Waals surface area (Å²) in [6.45, 7) is 6.82. The maximum Gasteiger partial charge on any atom is 0.167 e. The number of allylic oxidation sites excluding steroid dienone is 8. The molecule has 2 heterocycles. The molecule has 0 bridgehead atoms. The minimum atomic E-state index is -0.238. The Labute approximate surface area is 184 Å². The number of pyridine rings is 1. The third kappa shape index (κ3) is 5.19. The van der Waals surface area contributed by atoms with Crippen molar-refractivity contribution in [2.24, 2.45) is 11.3 Å². The van der Waals surface area contributed by atoms with Gasteiger partial charge in [0.15, 0.2) is 11.6 Å². The molecule has 0 aliphatic heterocycles. The highest BCUT2D eigenvalue weighted by molar-refractivity contribution is 6.09. The highest BCUT2D eigenvalue weighted by atomic mass is 16.1. The molecule has 4 nitrogen and oxygen atoms in total. The number of hydrogen-bond acceptors (Lipinski definition) is 3. The van der Waals surface area contributed by atoms with Crippen molar-refractivity contribution in [3.8, 4) is 0 Å². The average Bonchev–Trinajstić information content (AvgIpc) is 3.13. The van der Waals surface area contributed by atoms with Crippen molar-refractivity contribution in [2.45, 2.75) is 52.9 Å². The van der Waals surface area contributed by atoms with Crippen LogP contribution in [0.3, 0.4) is 0 Å². The van der Waals surface area contributed by atoms with E-state index in [-0.39, 0.29) is 17.5 Å². The fourth-order valence-corrected chi connectivity index (χ4v) is 4.15. The zero-order chi connectivity index (χ0) is 22.0. The predicted octanol–water partition coefficient (Wildman–Crippen LogP) is 5.38. The highest BCUT2D eigenvalue weighted by Crippen LogP contribution is 2.27. The lowest BCUT2D eigenvalue weighted by molar-refractivity contribution is -0.118. The second-order valence-corrected chi connectivity index (χ2v) is 9.74. The zero-order valence-corrected chi connectivity index (χ0v) is 18.6. The number of aromatic nitrogens is 2. The molecule has 0 fully saturated rings. The Bertz CT molecular complexity index is 1140. The van der Waals surface area contributed by atoms with Crippen molar-refractivity contribution in [1.29, 1.82) is 0 Å². The van der Waals surface area contributed by atoms with Gasteiger partial charge in [-0.15, -0.1) is 0 Å². The third-order valence-electron chi connectivity index (χ3n) is 5.87. The summed E-state index contributed by atoms with van der Waals surface area (Å²) in [6.07, 6.45) is 19.4. The first-order chi connectivity index (χ1) is 14.8. The minimum Gasteiger partial charge on any atom is -0.307 e. The maximum absolute atomic E-state index is 12.7. The molecule has 0 amide bonds. The normalized spacial score (nSPS) is 18.2. The Morgan fingerprint density at radius 3 is 2.74 bits per heavy atom. The van der Waals surface area contributed by atoms with Crippen LogP contribution in [0, 0.1) is 11.3 Å². The number of hydrogen-bond donors (Lipinski definition) is 0. The molecule has 0 N–H and O–H groups in total. The van der Waals surface area contributed by atoms with E-state index in [1.807, 2.05) is 42.6 Å². The van der Waals surface area contributed by atoms with Crippen LogP contribution in [-0.2, 0) is 22.4 Å². The quantitative estimate of drug-likeness (QED) is 0.611. The summed E-state index contributed by atoms with van der Waals surface area (Å²) in [7, 11) is 0. The summed E-state index contributed by atoms with van der Waals surface area (Å²) >= 11 is 0. The van der Waals surface area contributed by atoms with Gasteiger partial charge in [-0.3, -0.25) is 9.59 Å². The van der Waals surface area contributed by atoms with Crippen LogP contribution in [0.25, 0.3) is 5.65 Å². The van der Waals surface area contributed by atoms with Crippen molar-refractivity contribution in [3.05, 3.63) is 83.4 Å². The van der Waals surface area contributed by atoms with Crippen molar-refractivity contribution in [3.63, 3.8) is 0 Å². The van der Waals surface area contributed by atoms with E-state index in [1.165, 1.54) is 24.5 Å². The van der Waals surface area contributed by atoms with Gasteiger partial charge in [-0.2, -0.15) is 0 Å². The van der Waals surface area contributed by atoms with E-state index in [0.29, 0.717) is 23.8 Å². The maximum atomic E-state index is 12.7. The summed E-state index contributed by atoms with van der Waals surface area (Å²) in [6, 6.07) is 4.20. The Hall–Kier alpha value is -3.01. The van der Waals surface area contributed by atoms with Crippen LogP contribution in [0.1, 0.15) is 51.3 Å². The largest absolute Gasteiger partial charge is 0.307 e. The van der Waals surface area contributed by atoms with Crippen LogP contribution in [-0.4, -0.2) is 21.0 Å². The van der Waals surface area contributed by atoms with E-state index in [0.717, 1.165) is 23.3 Å². The lowest BCUT2D eigenvalue weighted by atomic mass is 9.83. The molecule has 31 heavy (non-hydrogen) atoms. The molecule has 1 atom stereocenters. The van der Waals surface area contributed by atoms with Gasteiger partial charge in [0.25, 0.3) is 0 Å². The van der Waals surface area contributed by atoms with Gasteiger partial charge in [-0.1, -0.05) is 51.1 Å². The molecule has 2 aliphatic rings. The summed E-state index contributed by atoms with van der Waals surface area (Å²) in [5.74, 6) is -0.270. The fraction of sp³-hybridized carbons (Fsp3) is 0.370. The molecule has 4 rings (SSSR count). The Morgan fingerprint density at radius 1 is 1.10 bits per heavy atom. The lowest BCUT2D eigenvalue weighted by Crippen LogP contribution is -2.19. The molecule has 0 saturated carbocycles. The van der Waals surface area contributed by atoms with Crippen LogP contribution in [0.4, 0.5) is 0 Å². The third-order valence-corrected chi connectivity index (χ3v) is 5.87. The van der Waals surface area contributed by atoms with Crippen molar-refractivity contribution in [2.75, 3.05) is 0 Å². The molecule has 0 spiro atoms. The number of aryl methyl sites for hydroxylation is 2. The number of rotatable bonds is 7. The molecule has 0 radical (unpaired) electrons. The lowest BCUT2D eigenvalue weighted by Gasteiger charge is -2.19. The predicted molar refractivity (Wildman–Crippen MR) is 124 cm³/mol. The molecule has 2 aliphatic carbocycles. The van der Waals surface area contributed by atoms with E-state index >= 15 is 0 Å². The molecule has 2 aromatic rings. The molecular weight excluding hydrogens is 384 g/mol. The first kappa shape index (κ1) is 21.2. The van der Waals surface area contributed by atoms with Gasteiger partial charge < -0.3 is 4.40 Å². The van der Waals surface area contributed by atoms with E-state index in [4.69, 9.17) is 0 Å². The number of ketones is 2. The van der Waals surface area contributed by atoms with Gasteiger partial charge in [0.1, 0.15) is 5.65 Å². The second-order valence-electron chi connectivity index (χ2n) is 9.74. The van der Waals surface area contributed by atoms with Crippen LogP contribution in [0.5, 0.6) is 0 Å². The Balaban J connectivity index is 1.38. The van der Waals surface area contributed by atoms with Crippen molar-refractivity contribution >= 4 is 17.2 Å². The van der Waals surface area contributed by atoms with Gasteiger partial charge in [0, 0.05) is 24.4 Å². The topological polar surface area (TPSA) is 51.4 Å². The molecule has 1 unspecified atom stereocenters. The van der Waals surface area contributed by atoms with Gasteiger partial charge in [0.2, 0.25) is 0 Å². The van der Waals surface area contributed by atoms with E-state index in [1.54, 1.807) is 0 Å². The zero-order valence-electron chi connectivity index (χ0n) is 18.6. The van der Waals surface area contributed by atoms with Crippen LogP contribution in [0.2, 0.25) is 0 Å². The van der Waals surface area contributed by atoms with E-state index in [2.05, 4.69) is 42.4 Å². The average molecular weight is 415 g/mol. The summed E-state index contributed by atoms with van der Waals surface area (Å²) in [5, 5.41) is 0. The van der Waals surface area contributed by atoms with E-state index in [9.17, 15) is 9.59 Å². The summed E-state index contributed by atoms with van der Waals surface area (Å²) in [4.78, 5) is 29.7. The molecular formula is C27H30N2O2. The SMILES string of the molecule is CC(C)(C)CCCc1ccc2nc(CCC(=O)C3=CC(=O)C4C=CC=CC4=C3)cn2c1. The standard InChI is InChI=1S/C27H30N2O2/c1-27(2,3)14-6-7-19-10-13-26-28-22(18-29(26)17-19)11-12-24(30)21-15-20-8-4-5-9-23(20)25(31)16-21/h4-5,8-10,13,15-18,23H,6-7,11-12,14H2,1-3H3. The number of imidazole rings is 1. The van der Waals surface area contributed by atoms with Gasteiger partial charge in [-0.05, 0) is 60.5 Å². The highest BCUT2D eigenvalue weighted by Gasteiger charge is 2.25. The number of carbonyl (C=O) groups is 2. The van der Waals surface area contributed by atoms with Gasteiger partial charge in [-0.25, -0.2) is 4.98 Å². The van der Waals surface area contributed by atoms with Gasteiger partial charge in [0.05, 0.1) is 11.6 Å². The Morgan fingerprint density at radius 2 is 1.94 bits per heavy atom. The molecule has 4 heteroatoms. The summed E-state index contributed by atoms with van der Waals surface area (Å²) < 4.78 is 2.06. The summed E-state index contributed by atoms with van der Waals surface area (Å²) in [5.41, 5.74) is 4.86. The number of carbonyl (C=O) groups excluding carboxylic acids is 2. The second kappa shape index (κ2) is 8.62. The smallest absolute Gasteiger partial charge is 0.167 e. The minimum absolute atomic E-state index is 0.0119. The van der Waals surface area contributed by atoms with Crippen LogP contribution >= 0.6 is 0 Å². The number of fused-ring (bicyclic) bond motifs is 2. The number of Topliss-reactive ketones (excluding diaryl/α,β-unsaturated/α-hetero) is 1. The Kier molecular flexibility index (Phi) is 5.90. The van der Waals surface area contributed by atoms with Crippen LogP contribution < -0.4 is 0 Å². The van der Waals surface area contributed by atoms with Gasteiger partial charge >= 0.3 is 0 Å². The first-order valence-corrected chi connectivity index (χ1v) is 11.1. The van der Waals surface area contributed by atoms with Crippen LogP contribution in [0.15, 0.2) is 72.1 Å². The molecule has 2 aromatic heterocycles. The number of nitrogens with zero attached hydrogens (tertiary/aromatic N) is 2. The van der Waals surface area contributed by atoms with Crippen molar-refractivity contribution < 1.29 is 9.59 Å². The van der Waals surface area contributed by atoms with E-state index < -0.39 is 0 Å². The molecule has 0 saturated heterocycles. The van der Waals surface area contributed by atoms with Crippen molar-refractivity contribution in [1.82, 2.24) is 9.38 Å². The molecule has 0 aromatic carbocycles. The fourth-order valence-electron chi connectivity index (χ4n) is 4.15. The first-order valence-electron chi connectivity index (χ1n) is 11.1.